The molecule has 0 unspecified atom stereocenters. The summed E-state index contributed by atoms with van der Waals surface area (Å²) in [5.41, 5.74) is 6.75. The van der Waals surface area contributed by atoms with E-state index in [0.29, 0.717) is 23.4 Å². The molecule has 2 aliphatic rings. The van der Waals surface area contributed by atoms with Crippen molar-refractivity contribution < 1.29 is 14.3 Å². The molecule has 1 aromatic rings. The maximum absolute atomic E-state index is 13.2. The molecule has 2 N–H and O–H groups in total. The maximum Gasteiger partial charge on any atom is 0.261 e. The topological polar surface area (TPSA) is 72.6 Å². The maximum atomic E-state index is 13.2. The zero-order valence-electron chi connectivity index (χ0n) is 16.4. The summed E-state index contributed by atoms with van der Waals surface area (Å²) < 4.78 is 5.81. The van der Waals surface area contributed by atoms with E-state index in [1.54, 1.807) is 12.1 Å². The predicted molar refractivity (Wildman–Crippen MR) is 106 cm³/mol. The van der Waals surface area contributed by atoms with Crippen LogP contribution in [0.25, 0.3) is 0 Å². The molecule has 0 radical (unpaired) electrons. The number of carbonyl (C=O) groups excluding carboxylic acids is 2. The second kappa shape index (κ2) is 9.25. The Balaban J connectivity index is 1.72. The summed E-state index contributed by atoms with van der Waals surface area (Å²) in [6.07, 6.45) is 11.7. The van der Waals surface area contributed by atoms with Crippen LogP contribution in [0.2, 0.25) is 0 Å². The number of amides is 2. The number of primary amides is 1. The predicted octanol–water partition coefficient (Wildman–Crippen LogP) is 3.97. The van der Waals surface area contributed by atoms with Crippen LogP contribution in [0.5, 0.6) is 5.75 Å². The Morgan fingerprint density at radius 2 is 1.56 bits per heavy atom. The van der Waals surface area contributed by atoms with Crippen LogP contribution in [0.4, 0.5) is 0 Å². The molecular weight excluding hydrogens is 340 g/mol. The van der Waals surface area contributed by atoms with Gasteiger partial charge in [0, 0.05) is 12.1 Å². The Hall–Kier alpha value is -2.04. The van der Waals surface area contributed by atoms with Crippen LogP contribution in [0.3, 0.4) is 0 Å². The largest absolute Gasteiger partial charge is 0.483 e. The minimum atomic E-state index is -0.533. The van der Waals surface area contributed by atoms with E-state index in [1.807, 2.05) is 13.0 Å². The first-order valence-corrected chi connectivity index (χ1v) is 10.4. The van der Waals surface area contributed by atoms with Gasteiger partial charge in [-0.2, -0.15) is 0 Å². The second-order valence-electron chi connectivity index (χ2n) is 8.04. The molecule has 0 atom stereocenters. The molecule has 5 nitrogen and oxygen atoms in total. The van der Waals surface area contributed by atoms with Crippen LogP contribution in [0.1, 0.15) is 80.1 Å². The number of nitrogens with zero attached hydrogens (tertiary/aromatic N) is 1. The van der Waals surface area contributed by atoms with Gasteiger partial charge in [-0.25, -0.2) is 0 Å². The summed E-state index contributed by atoms with van der Waals surface area (Å²) in [5.74, 6) is -0.0809. The normalized spacial score (nSPS) is 18.9. The Labute approximate surface area is 162 Å². The number of nitrogens with two attached hydrogens (primary N) is 1. The average molecular weight is 373 g/mol. The molecule has 5 heteroatoms. The SMILES string of the molecule is Cc1ccc(C(N)=O)c(OCC(=O)N(C2CCCCC2)C2CCCCC2)c1. The van der Waals surface area contributed by atoms with Crippen molar-refractivity contribution in [1.29, 1.82) is 0 Å². The second-order valence-corrected chi connectivity index (χ2v) is 8.04. The van der Waals surface area contributed by atoms with Crippen molar-refractivity contribution in [3.63, 3.8) is 0 Å². The van der Waals surface area contributed by atoms with E-state index in [1.165, 1.54) is 38.5 Å². The van der Waals surface area contributed by atoms with Crippen LogP contribution in [-0.4, -0.2) is 35.4 Å². The van der Waals surface area contributed by atoms with Crippen LogP contribution in [0.15, 0.2) is 18.2 Å². The van der Waals surface area contributed by atoms with Crippen molar-refractivity contribution in [2.75, 3.05) is 6.61 Å². The monoisotopic (exact) mass is 372 g/mol. The third-order valence-electron chi connectivity index (χ3n) is 5.98. The zero-order chi connectivity index (χ0) is 19.2. The quantitative estimate of drug-likeness (QED) is 0.821. The number of aryl methyl sites for hydroxylation is 1. The van der Waals surface area contributed by atoms with Gasteiger partial charge in [-0.1, -0.05) is 44.6 Å². The molecule has 1 aromatic carbocycles. The smallest absolute Gasteiger partial charge is 0.261 e. The summed E-state index contributed by atoms with van der Waals surface area (Å²) in [7, 11) is 0. The molecule has 2 amide bonds. The summed E-state index contributed by atoms with van der Waals surface area (Å²) in [4.78, 5) is 27.0. The number of carbonyl (C=O) groups is 2. The first kappa shape index (κ1) is 19.7. The molecule has 0 aliphatic heterocycles. The van der Waals surface area contributed by atoms with Crippen molar-refractivity contribution in [2.24, 2.45) is 5.73 Å². The van der Waals surface area contributed by atoms with Crippen LogP contribution in [-0.2, 0) is 4.79 Å². The van der Waals surface area contributed by atoms with Gasteiger partial charge < -0.3 is 15.4 Å². The molecular formula is C22H32N2O3. The Morgan fingerprint density at radius 3 is 2.07 bits per heavy atom. The lowest BCUT2D eigenvalue weighted by Gasteiger charge is -2.41. The highest BCUT2D eigenvalue weighted by Gasteiger charge is 2.32. The Morgan fingerprint density at radius 1 is 1.00 bits per heavy atom. The van der Waals surface area contributed by atoms with Gasteiger partial charge in [0.05, 0.1) is 5.56 Å². The van der Waals surface area contributed by atoms with E-state index in [9.17, 15) is 9.59 Å². The van der Waals surface area contributed by atoms with Crippen molar-refractivity contribution in [2.45, 2.75) is 83.2 Å². The molecule has 0 bridgehead atoms. The molecule has 3 rings (SSSR count). The minimum absolute atomic E-state index is 0.0310. The number of hydrogen-bond acceptors (Lipinski definition) is 3. The standard InChI is InChI=1S/C22H32N2O3/c1-16-12-13-19(22(23)26)20(14-16)27-15-21(25)24(17-8-4-2-5-9-17)18-10-6-3-7-11-18/h12-14,17-18H,2-11,15H2,1H3,(H2,23,26). The molecule has 27 heavy (non-hydrogen) atoms. The number of rotatable bonds is 6. The molecule has 2 saturated carbocycles. The highest BCUT2D eigenvalue weighted by molar-refractivity contribution is 5.95. The first-order valence-electron chi connectivity index (χ1n) is 10.4. The van der Waals surface area contributed by atoms with Gasteiger partial charge in [0.2, 0.25) is 0 Å². The Kier molecular flexibility index (Phi) is 6.75. The number of ether oxygens (including phenoxy) is 1. The van der Waals surface area contributed by atoms with Crippen molar-refractivity contribution >= 4 is 11.8 Å². The molecule has 2 aliphatic carbocycles. The number of benzene rings is 1. The van der Waals surface area contributed by atoms with E-state index in [0.717, 1.165) is 31.2 Å². The van der Waals surface area contributed by atoms with Gasteiger partial charge in [-0.3, -0.25) is 9.59 Å². The van der Waals surface area contributed by atoms with Gasteiger partial charge in [0.1, 0.15) is 5.75 Å². The minimum Gasteiger partial charge on any atom is -0.483 e. The first-order chi connectivity index (χ1) is 13.1. The molecule has 0 saturated heterocycles. The van der Waals surface area contributed by atoms with Gasteiger partial charge in [-0.05, 0) is 50.3 Å². The lowest BCUT2D eigenvalue weighted by Crippen LogP contribution is -2.50. The summed E-state index contributed by atoms with van der Waals surface area (Å²) in [6.45, 7) is 1.90. The highest BCUT2D eigenvalue weighted by Crippen LogP contribution is 2.30. The lowest BCUT2D eigenvalue weighted by atomic mass is 9.88. The summed E-state index contributed by atoms with van der Waals surface area (Å²) in [5, 5.41) is 0. The average Bonchev–Trinajstić information content (AvgIpc) is 2.68. The lowest BCUT2D eigenvalue weighted by molar-refractivity contribution is -0.140. The van der Waals surface area contributed by atoms with E-state index < -0.39 is 5.91 Å². The molecule has 0 aromatic heterocycles. The van der Waals surface area contributed by atoms with Crippen molar-refractivity contribution in [3.8, 4) is 5.75 Å². The van der Waals surface area contributed by atoms with Gasteiger partial charge >= 0.3 is 0 Å². The highest BCUT2D eigenvalue weighted by atomic mass is 16.5. The van der Waals surface area contributed by atoms with E-state index in [-0.39, 0.29) is 12.5 Å². The summed E-state index contributed by atoms with van der Waals surface area (Å²) in [6, 6.07) is 5.94. The third kappa shape index (κ3) is 5.02. The Bertz CT molecular complexity index is 644. The fourth-order valence-corrected chi connectivity index (χ4v) is 4.59. The van der Waals surface area contributed by atoms with Crippen molar-refractivity contribution in [3.05, 3.63) is 29.3 Å². The van der Waals surface area contributed by atoms with Crippen LogP contribution in [0, 0.1) is 6.92 Å². The molecule has 148 valence electrons. The summed E-state index contributed by atoms with van der Waals surface area (Å²) >= 11 is 0. The van der Waals surface area contributed by atoms with Gasteiger partial charge in [0.25, 0.3) is 11.8 Å². The van der Waals surface area contributed by atoms with E-state index in [4.69, 9.17) is 10.5 Å². The van der Waals surface area contributed by atoms with E-state index >= 15 is 0 Å². The van der Waals surface area contributed by atoms with Gasteiger partial charge in [-0.15, -0.1) is 0 Å². The number of hydrogen-bond donors (Lipinski definition) is 1. The van der Waals surface area contributed by atoms with Gasteiger partial charge in [0.15, 0.2) is 6.61 Å². The van der Waals surface area contributed by atoms with E-state index in [2.05, 4.69) is 4.90 Å². The molecule has 2 fully saturated rings. The zero-order valence-corrected chi connectivity index (χ0v) is 16.4. The fraction of sp³-hybridized carbons (Fsp3) is 0.636. The van der Waals surface area contributed by atoms with Crippen molar-refractivity contribution in [1.82, 2.24) is 4.90 Å². The molecule has 0 spiro atoms. The third-order valence-corrected chi connectivity index (χ3v) is 5.98. The fourth-order valence-electron chi connectivity index (χ4n) is 4.59. The molecule has 0 heterocycles. The van der Waals surface area contributed by atoms with Crippen LogP contribution >= 0.6 is 0 Å². The van der Waals surface area contributed by atoms with Crippen LogP contribution < -0.4 is 10.5 Å².